The fourth-order valence-corrected chi connectivity index (χ4v) is 11.7. The number of nitrogens with one attached hydrogen (secondary N) is 5. The van der Waals surface area contributed by atoms with Crippen LogP contribution in [0.15, 0.2) is 78.9 Å². The number of rotatable bonds is 29. The van der Waals surface area contributed by atoms with Crippen LogP contribution in [-0.4, -0.2) is 148 Å². The number of carboxylic acids is 1. The summed E-state index contributed by atoms with van der Waals surface area (Å²) >= 11 is 2.82. The zero-order valence-electron chi connectivity index (χ0n) is 49.1. The number of ether oxygens (including phenoxy) is 2. The molecule has 0 spiro atoms. The number of imide groups is 1. The first-order valence-electron chi connectivity index (χ1n) is 28.7. The molecule has 23 nitrogen and oxygen atoms in total. The number of para-hydroxylation sites is 1. The number of anilines is 5. The molecule has 0 radical (unpaired) electrons. The van der Waals surface area contributed by atoms with Gasteiger partial charge in [-0.2, -0.15) is 0 Å². The highest BCUT2D eigenvalue weighted by Gasteiger charge is 2.31. The number of hydrogen-bond acceptors (Lipinski definition) is 17. The number of aromatic nitrogens is 4. The van der Waals surface area contributed by atoms with Crippen LogP contribution in [0.2, 0.25) is 0 Å². The van der Waals surface area contributed by atoms with Gasteiger partial charge in [-0.1, -0.05) is 55.4 Å². The van der Waals surface area contributed by atoms with Crippen molar-refractivity contribution < 1.29 is 57.0 Å². The summed E-state index contributed by atoms with van der Waals surface area (Å²) in [7, 11) is 2.06. The van der Waals surface area contributed by atoms with Crippen LogP contribution >= 0.6 is 22.7 Å². The van der Waals surface area contributed by atoms with Gasteiger partial charge in [0, 0.05) is 64.5 Å². The first-order valence-corrected chi connectivity index (χ1v) is 30.3. The number of urea groups is 1. The van der Waals surface area contributed by atoms with E-state index in [4.69, 9.17) is 15.2 Å². The largest absolute Gasteiger partial charge is 0.491 e. The van der Waals surface area contributed by atoms with E-state index in [1.165, 1.54) is 47.0 Å². The smallest absolute Gasteiger partial charge is 0.355 e. The molecule has 3 aromatic carbocycles. The lowest BCUT2D eigenvalue weighted by molar-refractivity contribution is -0.914. The van der Waals surface area contributed by atoms with Gasteiger partial charge in [-0.15, -0.1) is 21.5 Å². The number of amides is 7. The lowest BCUT2D eigenvalue weighted by Crippen LogP contribution is -2.54. The first-order chi connectivity index (χ1) is 41.8. The third-order valence-corrected chi connectivity index (χ3v) is 16.8. The summed E-state index contributed by atoms with van der Waals surface area (Å²) in [5.74, 6) is 3.06. The molecule has 2 aliphatic heterocycles. The van der Waals surface area contributed by atoms with E-state index in [1.54, 1.807) is 32.0 Å². The maximum Gasteiger partial charge on any atom is 0.355 e. The topological polar surface area (TPSA) is 302 Å². The summed E-state index contributed by atoms with van der Waals surface area (Å²) in [6, 6.07) is 16.9. The molecule has 8 rings (SSSR count). The molecule has 0 aliphatic carbocycles. The zero-order chi connectivity index (χ0) is 62.2. The zero-order valence-corrected chi connectivity index (χ0v) is 50.7. The fraction of sp³-hybridized carbons (Fsp3) is 0.393. The van der Waals surface area contributed by atoms with Crippen LogP contribution in [0.3, 0.4) is 0 Å². The van der Waals surface area contributed by atoms with E-state index in [-0.39, 0.29) is 63.1 Å². The van der Waals surface area contributed by atoms with Gasteiger partial charge in [0.05, 0.1) is 50.2 Å². The molecular formula is C61H71FN13O10S2+. The van der Waals surface area contributed by atoms with Crippen molar-refractivity contribution in [2.45, 2.75) is 91.3 Å². The summed E-state index contributed by atoms with van der Waals surface area (Å²) in [6.07, 6.45) is 5.01. The Hall–Kier alpha value is -8.90. The van der Waals surface area contributed by atoms with Crippen molar-refractivity contribution in [3.63, 3.8) is 0 Å². The molecule has 0 bridgehead atoms. The fourth-order valence-electron chi connectivity index (χ4n) is 9.69. The number of carbonyl (C=O) groups is 7. The van der Waals surface area contributed by atoms with E-state index in [9.17, 15) is 38.7 Å². The van der Waals surface area contributed by atoms with Gasteiger partial charge >= 0.3 is 12.0 Å². The standard InChI is InChI=1S/C61H70FN13O10S2/c1-6-75(5,36-40-19-22-41(23-20-40)65-56(79)45(16-9-28-64-59(63)83)66-57(80)52(37(2)3)68-49(76)27-33-84-34-30-73-50(77)25-26-51(73)78)31-11-13-39-21-24-46(43(62)35-39)85-32-12-18-48-53(58(81)82)69-61(87-48)74-29-10-14-42-38(4)54(71-72-55(42)74)70-60-67-44-15-7-8-17-47(44)86-60/h7-8,15,17,19-26,35,37,45,52H,6,9-10,12,14,16,18,27-34,36H2,1-5H3,(H7-,63,64,65,66,67,68,70,71,76,79,80,81,82,83)/p+1/t45-,52-,75?/m0/s1. The second-order valence-electron chi connectivity index (χ2n) is 21.6. The number of aromatic carboxylic acids is 1. The minimum absolute atomic E-state index is 0.0239. The Morgan fingerprint density at radius 3 is 2.41 bits per heavy atom. The van der Waals surface area contributed by atoms with E-state index in [0.717, 1.165) is 51.2 Å². The molecule has 7 amide bonds. The third-order valence-electron chi connectivity index (χ3n) is 14.7. The number of thiazole rings is 2. The van der Waals surface area contributed by atoms with Gasteiger partial charge in [0.15, 0.2) is 39.2 Å². The minimum Gasteiger partial charge on any atom is -0.491 e. The quantitative estimate of drug-likeness (QED) is 0.0109. The number of fused-ring (bicyclic) bond motifs is 2. The molecule has 0 saturated heterocycles. The van der Waals surface area contributed by atoms with Crippen molar-refractivity contribution >= 4 is 102 Å². The lowest BCUT2D eigenvalue weighted by Gasteiger charge is -2.31. The normalized spacial score (nSPS) is 14.2. The molecule has 8 N–H and O–H groups in total. The monoisotopic (exact) mass is 1230 g/mol. The lowest BCUT2D eigenvalue weighted by atomic mass is 10.0. The molecule has 0 fully saturated rings. The van der Waals surface area contributed by atoms with Crippen molar-refractivity contribution in [2.24, 2.45) is 11.7 Å². The Labute approximate surface area is 510 Å². The highest BCUT2D eigenvalue weighted by atomic mass is 32.1. The maximum absolute atomic E-state index is 15.4. The molecule has 1 unspecified atom stereocenters. The van der Waals surface area contributed by atoms with Crippen LogP contribution in [0, 0.1) is 30.5 Å². The second-order valence-corrected chi connectivity index (χ2v) is 23.7. The average Bonchev–Trinajstić information content (AvgIpc) is 2.16. The van der Waals surface area contributed by atoms with Gasteiger partial charge in [-0.3, -0.25) is 28.9 Å². The van der Waals surface area contributed by atoms with Crippen LogP contribution < -0.4 is 42.0 Å². The van der Waals surface area contributed by atoms with Gasteiger partial charge in [0.1, 0.15) is 25.2 Å². The van der Waals surface area contributed by atoms with E-state index in [2.05, 4.69) is 65.6 Å². The predicted octanol–water partition coefficient (Wildman–Crippen LogP) is 6.89. The number of aryl methyl sites for hydroxylation is 1. The van der Waals surface area contributed by atoms with Crippen molar-refractivity contribution in [1.29, 1.82) is 0 Å². The Balaban J connectivity index is 0.800. The Morgan fingerprint density at radius 1 is 0.931 bits per heavy atom. The number of benzene rings is 3. The number of primary amides is 1. The second kappa shape index (κ2) is 29.9. The molecule has 0 saturated carbocycles. The summed E-state index contributed by atoms with van der Waals surface area (Å²) in [5, 5.41) is 34.7. The number of hydrogen-bond donors (Lipinski definition) is 7. The molecule has 458 valence electrons. The summed E-state index contributed by atoms with van der Waals surface area (Å²) in [4.78, 5) is 100. The van der Waals surface area contributed by atoms with Crippen LogP contribution in [0.5, 0.6) is 5.75 Å². The Bertz CT molecular complexity index is 3550. The summed E-state index contributed by atoms with van der Waals surface area (Å²) in [6.45, 7) is 10.2. The SMILES string of the molecule is CC[N+](C)(CC#Cc1ccc(OCCCc2sc(N3CCCc4c3nnc(Nc3nc5ccccc5s3)c4C)nc2C(=O)O)c(F)c1)Cc1ccc(NC(=O)[C@H](CCCNC(N)=O)NC(=O)[C@@H](NC(=O)CCOCCN2C(=O)C=CC2=O)C(C)C)cc1. The van der Waals surface area contributed by atoms with Crippen molar-refractivity contribution in [3.05, 3.63) is 118 Å². The van der Waals surface area contributed by atoms with Crippen LogP contribution in [0.25, 0.3) is 10.2 Å². The molecule has 87 heavy (non-hydrogen) atoms. The van der Waals surface area contributed by atoms with Gasteiger partial charge in [-0.05, 0) is 107 Å². The average molecular weight is 1230 g/mol. The van der Waals surface area contributed by atoms with Gasteiger partial charge in [-0.25, -0.2) is 23.9 Å². The Morgan fingerprint density at radius 2 is 1.70 bits per heavy atom. The molecule has 26 heteroatoms. The first kappa shape index (κ1) is 64.1. The van der Waals surface area contributed by atoms with Crippen LogP contribution in [0.4, 0.5) is 36.8 Å². The number of quaternary nitrogens is 1. The summed E-state index contributed by atoms with van der Waals surface area (Å²) < 4.78 is 28.3. The molecular weight excluding hydrogens is 1160 g/mol. The molecule has 2 aliphatic rings. The molecule has 3 atom stereocenters. The van der Waals surface area contributed by atoms with Crippen molar-refractivity contribution in [2.75, 3.05) is 75.1 Å². The highest BCUT2D eigenvalue weighted by Crippen LogP contribution is 2.39. The van der Waals surface area contributed by atoms with Crippen LogP contribution in [-0.2, 0) is 48.1 Å². The van der Waals surface area contributed by atoms with E-state index < -0.39 is 59.4 Å². The van der Waals surface area contributed by atoms with Crippen molar-refractivity contribution in [3.8, 4) is 17.6 Å². The Kier molecular flexibility index (Phi) is 22.1. The van der Waals surface area contributed by atoms with E-state index in [1.807, 2.05) is 55.1 Å². The molecule has 6 aromatic rings. The van der Waals surface area contributed by atoms with Crippen molar-refractivity contribution in [1.82, 2.24) is 41.0 Å². The summed E-state index contributed by atoms with van der Waals surface area (Å²) in [5.41, 5.74) is 9.94. The predicted molar refractivity (Wildman–Crippen MR) is 328 cm³/mol. The number of nitrogens with two attached hydrogens (primary N) is 1. The van der Waals surface area contributed by atoms with E-state index in [0.29, 0.717) is 81.4 Å². The van der Waals surface area contributed by atoms with Gasteiger partial charge in [0.2, 0.25) is 17.7 Å². The van der Waals surface area contributed by atoms with E-state index >= 15 is 4.39 Å². The van der Waals surface area contributed by atoms with Crippen LogP contribution in [0.1, 0.15) is 90.5 Å². The number of nitrogens with zero attached hydrogens (tertiary/aromatic N) is 7. The van der Waals surface area contributed by atoms with Gasteiger partial charge in [0.25, 0.3) is 11.8 Å². The maximum atomic E-state index is 15.4. The molecule has 5 heterocycles. The number of carbonyl (C=O) groups excluding carboxylic acids is 6. The minimum atomic E-state index is -1.14. The highest BCUT2D eigenvalue weighted by molar-refractivity contribution is 7.22. The third kappa shape index (κ3) is 17.4. The number of carboxylic acid groups (broad SMARTS) is 1. The van der Waals surface area contributed by atoms with Gasteiger partial charge < -0.3 is 56.3 Å². The molecule has 3 aromatic heterocycles. The number of halogens is 1.